The molecule has 2 aromatic rings. The van der Waals surface area contributed by atoms with Gasteiger partial charge in [0.15, 0.2) is 9.84 Å². The molecule has 2 rings (SSSR count). The molecule has 0 amide bonds. The molecule has 0 aliphatic carbocycles. The van der Waals surface area contributed by atoms with E-state index in [1.807, 2.05) is 31.9 Å². The predicted octanol–water partition coefficient (Wildman–Crippen LogP) is 3.91. The Bertz CT molecular complexity index is 869. The molecule has 2 aromatic carbocycles. The summed E-state index contributed by atoms with van der Waals surface area (Å²) in [5.74, 6) is 0. The van der Waals surface area contributed by atoms with E-state index in [1.165, 1.54) is 11.8 Å². The predicted molar refractivity (Wildman–Crippen MR) is 105 cm³/mol. The van der Waals surface area contributed by atoms with Crippen LogP contribution in [-0.2, 0) is 16.3 Å². The molecule has 0 N–H and O–H groups in total. The summed E-state index contributed by atoms with van der Waals surface area (Å²) in [5.41, 5.74) is 4.91. The van der Waals surface area contributed by atoms with Gasteiger partial charge in [-0.3, -0.25) is 0 Å². The van der Waals surface area contributed by atoms with Crippen LogP contribution in [0.4, 0.5) is 5.69 Å². The van der Waals surface area contributed by atoms with Crippen LogP contribution in [0.3, 0.4) is 0 Å². The lowest BCUT2D eigenvalue weighted by Gasteiger charge is -2.13. The normalized spacial score (nSPS) is 11.9. The van der Waals surface area contributed by atoms with Gasteiger partial charge in [0.05, 0.1) is 16.9 Å². The molecule has 25 heavy (non-hydrogen) atoms. The Morgan fingerprint density at radius 1 is 1.12 bits per heavy atom. The first-order valence-corrected chi connectivity index (χ1v) is 10.2. The zero-order chi connectivity index (χ0) is 18.6. The number of hydrogen-bond donors (Lipinski definition) is 0. The van der Waals surface area contributed by atoms with Crippen molar-refractivity contribution < 1.29 is 8.42 Å². The summed E-state index contributed by atoms with van der Waals surface area (Å²) in [7, 11) is -1.45. The Morgan fingerprint density at radius 2 is 1.76 bits per heavy atom. The molecule has 5 heteroatoms. The summed E-state index contributed by atoms with van der Waals surface area (Å²) in [6.07, 6.45) is 3.60. The number of aliphatic imine (C=N–C) groups is 1. The Kier molecular flexibility index (Phi) is 6.01. The van der Waals surface area contributed by atoms with E-state index in [0.717, 1.165) is 23.2 Å². The Morgan fingerprint density at radius 3 is 2.32 bits per heavy atom. The highest BCUT2D eigenvalue weighted by Crippen LogP contribution is 2.29. The standard InChI is InChI=1S/C20H26N2O2S/c1-6-22(4)14-21-19-11-16(3)18(13-20(19)25(5,23)24)12-17-9-7-15(2)8-10-17/h7-11,13-14H,6,12H2,1-5H3. The van der Waals surface area contributed by atoms with Crippen molar-refractivity contribution in [3.63, 3.8) is 0 Å². The molecular weight excluding hydrogens is 332 g/mol. The lowest BCUT2D eigenvalue weighted by molar-refractivity contribution is 0.552. The van der Waals surface area contributed by atoms with Gasteiger partial charge in [-0.2, -0.15) is 0 Å². The van der Waals surface area contributed by atoms with Crippen LogP contribution >= 0.6 is 0 Å². The molecule has 0 heterocycles. The van der Waals surface area contributed by atoms with Crippen LogP contribution in [0.5, 0.6) is 0 Å². The monoisotopic (exact) mass is 358 g/mol. The average molecular weight is 359 g/mol. The van der Waals surface area contributed by atoms with Gasteiger partial charge in [0.1, 0.15) is 0 Å². The molecule has 0 saturated carbocycles. The van der Waals surface area contributed by atoms with E-state index in [2.05, 4.69) is 36.2 Å². The highest BCUT2D eigenvalue weighted by Gasteiger charge is 2.16. The van der Waals surface area contributed by atoms with Gasteiger partial charge in [-0.15, -0.1) is 0 Å². The first-order valence-electron chi connectivity index (χ1n) is 8.34. The quantitative estimate of drug-likeness (QED) is 0.581. The second-order valence-electron chi connectivity index (χ2n) is 6.50. The fraction of sp³-hybridized carbons (Fsp3) is 0.350. The fourth-order valence-corrected chi connectivity index (χ4v) is 3.32. The SMILES string of the molecule is CCN(C)C=Nc1cc(C)c(Cc2ccc(C)cc2)cc1S(C)(=O)=O. The lowest BCUT2D eigenvalue weighted by atomic mass is 9.99. The average Bonchev–Trinajstić information content (AvgIpc) is 2.55. The maximum Gasteiger partial charge on any atom is 0.177 e. The molecule has 0 bridgehead atoms. The maximum atomic E-state index is 12.2. The molecule has 0 spiro atoms. The van der Waals surface area contributed by atoms with E-state index < -0.39 is 9.84 Å². The van der Waals surface area contributed by atoms with Gasteiger partial charge < -0.3 is 4.90 Å². The molecule has 0 aromatic heterocycles. The van der Waals surface area contributed by atoms with Gasteiger partial charge in [-0.05, 0) is 56.0 Å². The van der Waals surface area contributed by atoms with E-state index in [0.29, 0.717) is 12.1 Å². The van der Waals surface area contributed by atoms with Gasteiger partial charge in [-0.1, -0.05) is 29.8 Å². The first-order chi connectivity index (χ1) is 11.7. The smallest absolute Gasteiger partial charge is 0.177 e. The van der Waals surface area contributed by atoms with Gasteiger partial charge in [-0.25, -0.2) is 13.4 Å². The number of hydrogen-bond acceptors (Lipinski definition) is 3. The third-order valence-electron chi connectivity index (χ3n) is 4.22. The first kappa shape index (κ1) is 19.2. The van der Waals surface area contributed by atoms with Crippen molar-refractivity contribution in [1.82, 2.24) is 4.90 Å². The van der Waals surface area contributed by atoms with Crippen molar-refractivity contribution in [2.24, 2.45) is 4.99 Å². The molecule has 0 fully saturated rings. The van der Waals surface area contributed by atoms with Crippen LogP contribution in [0.25, 0.3) is 0 Å². The zero-order valence-electron chi connectivity index (χ0n) is 15.6. The molecule has 0 aliphatic heterocycles. The summed E-state index contributed by atoms with van der Waals surface area (Å²) < 4.78 is 24.5. The number of rotatable bonds is 6. The largest absolute Gasteiger partial charge is 0.366 e. The van der Waals surface area contributed by atoms with Gasteiger partial charge >= 0.3 is 0 Å². The van der Waals surface area contributed by atoms with Crippen LogP contribution < -0.4 is 0 Å². The molecule has 0 saturated heterocycles. The lowest BCUT2D eigenvalue weighted by Crippen LogP contribution is -2.14. The van der Waals surface area contributed by atoms with Crippen molar-refractivity contribution in [1.29, 1.82) is 0 Å². The minimum atomic E-state index is -3.36. The Hall–Kier alpha value is -2.14. The van der Waals surface area contributed by atoms with Crippen molar-refractivity contribution in [3.8, 4) is 0 Å². The zero-order valence-corrected chi connectivity index (χ0v) is 16.4. The van der Waals surface area contributed by atoms with Crippen LogP contribution in [0.15, 0.2) is 46.3 Å². The summed E-state index contributed by atoms with van der Waals surface area (Å²) >= 11 is 0. The summed E-state index contributed by atoms with van der Waals surface area (Å²) in [5, 5.41) is 0. The summed E-state index contributed by atoms with van der Waals surface area (Å²) in [4.78, 5) is 6.57. The van der Waals surface area contributed by atoms with Crippen LogP contribution in [0.1, 0.15) is 29.2 Å². The van der Waals surface area contributed by atoms with Crippen LogP contribution in [0, 0.1) is 13.8 Å². The number of sulfone groups is 1. The molecule has 0 atom stereocenters. The molecular formula is C20H26N2O2S. The molecule has 0 aliphatic rings. The van der Waals surface area contributed by atoms with Gasteiger partial charge in [0, 0.05) is 19.8 Å². The third kappa shape index (κ3) is 5.16. The number of aryl methyl sites for hydroxylation is 2. The van der Waals surface area contributed by atoms with Crippen molar-refractivity contribution in [2.75, 3.05) is 19.8 Å². The van der Waals surface area contributed by atoms with E-state index in [-0.39, 0.29) is 4.90 Å². The number of nitrogens with zero attached hydrogens (tertiary/aromatic N) is 2. The van der Waals surface area contributed by atoms with E-state index in [4.69, 9.17) is 0 Å². The summed E-state index contributed by atoms with van der Waals surface area (Å²) in [6, 6.07) is 11.9. The van der Waals surface area contributed by atoms with E-state index in [1.54, 1.807) is 12.4 Å². The Labute approximate surface area is 151 Å². The fourth-order valence-electron chi connectivity index (χ4n) is 2.47. The van der Waals surface area contributed by atoms with Crippen molar-refractivity contribution in [3.05, 3.63) is 58.7 Å². The van der Waals surface area contributed by atoms with Crippen LogP contribution in [-0.4, -0.2) is 39.5 Å². The summed E-state index contributed by atoms with van der Waals surface area (Å²) in [6.45, 7) is 6.87. The molecule has 4 nitrogen and oxygen atoms in total. The van der Waals surface area contributed by atoms with E-state index in [9.17, 15) is 8.42 Å². The minimum absolute atomic E-state index is 0.279. The van der Waals surface area contributed by atoms with Gasteiger partial charge in [0.25, 0.3) is 0 Å². The van der Waals surface area contributed by atoms with Crippen molar-refractivity contribution >= 4 is 21.9 Å². The molecule has 0 radical (unpaired) electrons. The molecule has 0 unspecified atom stereocenters. The minimum Gasteiger partial charge on any atom is -0.366 e. The van der Waals surface area contributed by atoms with E-state index >= 15 is 0 Å². The maximum absolute atomic E-state index is 12.2. The second-order valence-corrected chi connectivity index (χ2v) is 8.48. The second kappa shape index (κ2) is 7.83. The van der Waals surface area contributed by atoms with Crippen LogP contribution in [0.2, 0.25) is 0 Å². The Balaban J connectivity index is 2.46. The third-order valence-corrected chi connectivity index (χ3v) is 5.35. The van der Waals surface area contributed by atoms with Crippen molar-refractivity contribution in [2.45, 2.75) is 32.1 Å². The number of benzene rings is 2. The van der Waals surface area contributed by atoms with Gasteiger partial charge in [0.2, 0.25) is 0 Å². The highest BCUT2D eigenvalue weighted by atomic mass is 32.2. The highest BCUT2D eigenvalue weighted by molar-refractivity contribution is 7.90. The topological polar surface area (TPSA) is 49.7 Å². The molecule has 134 valence electrons.